The quantitative estimate of drug-likeness (QED) is 0.810. The van der Waals surface area contributed by atoms with Gasteiger partial charge in [0.15, 0.2) is 0 Å². The molecule has 0 saturated carbocycles. The number of hydrogen-bond donors (Lipinski definition) is 1. The van der Waals surface area contributed by atoms with E-state index in [1.807, 2.05) is 6.92 Å². The lowest BCUT2D eigenvalue weighted by atomic mass is 10.0. The molecule has 2 unspecified atom stereocenters. The van der Waals surface area contributed by atoms with Crippen LogP contribution in [0.15, 0.2) is 6.20 Å². The Labute approximate surface area is 111 Å². The summed E-state index contributed by atoms with van der Waals surface area (Å²) in [5.74, 6) is 1.55. The average molecular weight is 253 g/mol. The maximum atomic E-state index is 5.22. The fourth-order valence-electron chi connectivity index (χ4n) is 2.19. The van der Waals surface area contributed by atoms with Crippen LogP contribution in [0.2, 0.25) is 0 Å². The third-order valence-corrected chi connectivity index (χ3v) is 3.29. The highest BCUT2D eigenvalue weighted by Gasteiger charge is 2.16. The van der Waals surface area contributed by atoms with Gasteiger partial charge in [-0.05, 0) is 26.2 Å². The zero-order valence-electron chi connectivity index (χ0n) is 12.5. The summed E-state index contributed by atoms with van der Waals surface area (Å²) in [6.45, 7) is 11.5. The summed E-state index contributed by atoms with van der Waals surface area (Å²) in [5.41, 5.74) is 1.04. The minimum absolute atomic E-state index is 0.295. The molecule has 1 heterocycles. The Balaban J connectivity index is 2.87. The van der Waals surface area contributed by atoms with Crippen LogP contribution in [0.3, 0.4) is 0 Å². The van der Waals surface area contributed by atoms with Crippen LogP contribution in [0.4, 0.5) is 5.95 Å². The Morgan fingerprint density at radius 2 is 2.06 bits per heavy atom. The van der Waals surface area contributed by atoms with E-state index in [1.165, 1.54) is 0 Å². The van der Waals surface area contributed by atoms with E-state index in [1.54, 1.807) is 7.11 Å². The Hall–Kier alpha value is -1.03. The van der Waals surface area contributed by atoms with Crippen molar-refractivity contribution < 1.29 is 4.74 Å². The third kappa shape index (κ3) is 3.73. The van der Waals surface area contributed by atoms with Crippen molar-refractivity contribution in [3.8, 4) is 0 Å². The maximum absolute atomic E-state index is 5.22. The Morgan fingerprint density at radius 3 is 2.56 bits per heavy atom. The third-order valence-electron chi connectivity index (χ3n) is 3.29. The van der Waals surface area contributed by atoms with Crippen LogP contribution in [0.5, 0.6) is 0 Å². The van der Waals surface area contributed by atoms with Gasteiger partial charge < -0.3 is 14.6 Å². The SMILES string of the molecule is CCC(Nc1nc(C)cn1C(C)COC)C(C)C. The fraction of sp³-hybridized carbons (Fsp3) is 0.786. The molecule has 0 saturated heterocycles. The van der Waals surface area contributed by atoms with Gasteiger partial charge in [-0.3, -0.25) is 0 Å². The highest BCUT2D eigenvalue weighted by atomic mass is 16.5. The number of ether oxygens (including phenoxy) is 1. The van der Waals surface area contributed by atoms with Gasteiger partial charge in [0, 0.05) is 19.3 Å². The maximum Gasteiger partial charge on any atom is 0.203 e. The molecule has 0 aliphatic heterocycles. The molecule has 0 aromatic carbocycles. The molecule has 1 rings (SSSR count). The van der Waals surface area contributed by atoms with Gasteiger partial charge in [0.2, 0.25) is 5.95 Å². The number of anilines is 1. The lowest BCUT2D eigenvalue weighted by Crippen LogP contribution is -2.27. The second kappa shape index (κ2) is 6.78. The number of hydrogen-bond acceptors (Lipinski definition) is 3. The van der Waals surface area contributed by atoms with Crippen molar-refractivity contribution in [1.82, 2.24) is 9.55 Å². The van der Waals surface area contributed by atoms with Gasteiger partial charge in [-0.15, -0.1) is 0 Å². The number of methoxy groups -OCH3 is 1. The van der Waals surface area contributed by atoms with Gasteiger partial charge in [-0.2, -0.15) is 0 Å². The molecule has 0 aliphatic rings. The van der Waals surface area contributed by atoms with Gasteiger partial charge in [-0.25, -0.2) is 4.98 Å². The zero-order chi connectivity index (χ0) is 13.7. The van der Waals surface area contributed by atoms with E-state index in [2.05, 4.69) is 48.8 Å². The molecule has 0 amide bonds. The summed E-state index contributed by atoms with van der Waals surface area (Å²) in [6.07, 6.45) is 3.18. The Bertz CT molecular complexity index is 360. The van der Waals surface area contributed by atoms with Gasteiger partial charge in [-0.1, -0.05) is 20.8 Å². The first-order valence-corrected chi connectivity index (χ1v) is 6.80. The summed E-state index contributed by atoms with van der Waals surface area (Å²) in [7, 11) is 1.73. The minimum atomic E-state index is 0.295. The average Bonchev–Trinajstić information content (AvgIpc) is 2.67. The van der Waals surface area contributed by atoms with Crippen LogP contribution in [0, 0.1) is 12.8 Å². The standard InChI is InChI=1S/C14H27N3O/c1-7-13(10(2)3)16-14-15-11(4)8-17(14)12(5)9-18-6/h8,10,12-13H,7,9H2,1-6H3,(H,15,16). The molecular weight excluding hydrogens is 226 g/mol. The minimum Gasteiger partial charge on any atom is -0.383 e. The highest BCUT2D eigenvalue weighted by molar-refractivity contribution is 5.31. The van der Waals surface area contributed by atoms with E-state index in [9.17, 15) is 0 Å². The molecular formula is C14H27N3O. The first kappa shape index (κ1) is 15.0. The van der Waals surface area contributed by atoms with Crippen molar-refractivity contribution >= 4 is 5.95 Å². The van der Waals surface area contributed by atoms with Gasteiger partial charge in [0.25, 0.3) is 0 Å². The molecule has 0 radical (unpaired) electrons. The summed E-state index contributed by atoms with van der Waals surface area (Å²) in [6, 6.07) is 0.753. The number of aryl methyl sites for hydroxylation is 1. The lowest BCUT2D eigenvalue weighted by molar-refractivity contribution is 0.163. The van der Waals surface area contributed by atoms with Crippen molar-refractivity contribution in [3.63, 3.8) is 0 Å². The van der Waals surface area contributed by atoms with Gasteiger partial charge in [0.1, 0.15) is 0 Å². The van der Waals surface area contributed by atoms with Crippen LogP contribution in [0.25, 0.3) is 0 Å². The van der Waals surface area contributed by atoms with E-state index < -0.39 is 0 Å². The zero-order valence-corrected chi connectivity index (χ0v) is 12.5. The van der Waals surface area contributed by atoms with E-state index in [4.69, 9.17) is 4.74 Å². The van der Waals surface area contributed by atoms with Crippen LogP contribution in [0.1, 0.15) is 45.9 Å². The summed E-state index contributed by atoms with van der Waals surface area (Å²) >= 11 is 0. The summed E-state index contributed by atoms with van der Waals surface area (Å²) in [4.78, 5) is 4.58. The van der Waals surface area contributed by atoms with E-state index in [0.717, 1.165) is 18.1 Å². The van der Waals surface area contributed by atoms with Gasteiger partial charge >= 0.3 is 0 Å². The molecule has 0 spiro atoms. The fourth-order valence-corrected chi connectivity index (χ4v) is 2.19. The van der Waals surface area contributed by atoms with E-state index in [-0.39, 0.29) is 0 Å². The molecule has 1 aromatic heterocycles. The van der Waals surface area contributed by atoms with Crippen molar-refractivity contribution in [2.45, 2.75) is 53.1 Å². The van der Waals surface area contributed by atoms with Gasteiger partial charge in [0.05, 0.1) is 18.3 Å². The predicted molar refractivity (Wildman–Crippen MR) is 76.1 cm³/mol. The highest BCUT2D eigenvalue weighted by Crippen LogP contribution is 2.19. The predicted octanol–water partition coefficient (Wildman–Crippen LogP) is 3.25. The molecule has 1 aromatic rings. The molecule has 18 heavy (non-hydrogen) atoms. The second-order valence-corrected chi connectivity index (χ2v) is 5.32. The number of imidazole rings is 1. The molecule has 2 atom stereocenters. The first-order chi connectivity index (χ1) is 8.49. The van der Waals surface area contributed by atoms with Crippen molar-refractivity contribution in [3.05, 3.63) is 11.9 Å². The monoisotopic (exact) mass is 253 g/mol. The lowest BCUT2D eigenvalue weighted by Gasteiger charge is -2.23. The van der Waals surface area contributed by atoms with Crippen LogP contribution >= 0.6 is 0 Å². The smallest absolute Gasteiger partial charge is 0.203 e. The van der Waals surface area contributed by atoms with E-state index >= 15 is 0 Å². The van der Waals surface area contributed by atoms with Crippen LogP contribution in [-0.2, 0) is 4.74 Å². The van der Waals surface area contributed by atoms with E-state index in [0.29, 0.717) is 24.6 Å². The molecule has 0 aliphatic carbocycles. The van der Waals surface area contributed by atoms with Crippen molar-refractivity contribution in [2.24, 2.45) is 5.92 Å². The normalized spacial score (nSPS) is 14.8. The molecule has 104 valence electrons. The molecule has 4 nitrogen and oxygen atoms in total. The second-order valence-electron chi connectivity index (χ2n) is 5.32. The largest absolute Gasteiger partial charge is 0.383 e. The summed E-state index contributed by atoms with van der Waals surface area (Å²) in [5, 5.41) is 3.55. The molecule has 0 fully saturated rings. The number of nitrogens with one attached hydrogen (secondary N) is 1. The number of rotatable bonds is 7. The first-order valence-electron chi connectivity index (χ1n) is 6.80. The Kier molecular flexibility index (Phi) is 5.66. The van der Waals surface area contributed by atoms with Crippen LogP contribution < -0.4 is 5.32 Å². The van der Waals surface area contributed by atoms with Crippen molar-refractivity contribution in [1.29, 1.82) is 0 Å². The van der Waals surface area contributed by atoms with Crippen LogP contribution in [-0.4, -0.2) is 29.3 Å². The number of aromatic nitrogens is 2. The molecule has 0 bridgehead atoms. The summed E-state index contributed by atoms with van der Waals surface area (Å²) < 4.78 is 7.40. The molecule has 1 N–H and O–H groups in total. The number of nitrogens with zero attached hydrogens (tertiary/aromatic N) is 2. The Morgan fingerprint density at radius 1 is 1.39 bits per heavy atom. The topological polar surface area (TPSA) is 39.1 Å². The molecule has 4 heteroatoms. The van der Waals surface area contributed by atoms with Crippen molar-refractivity contribution in [2.75, 3.05) is 19.0 Å².